The van der Waals surface area contributed by atoms with Crippen LogP contribution in [0.5, 0.6) is 0 Å². The molecular weight excluding hydrogens is 306 g/mol. The molecule has 1 aromatic heterocycles. The molecule has 0 saturated carbocycles. The molecule has 2 aliphatic heterocycles. The van der Waals surface area contributed by atoms with Gasteiger partial charge in [0.2, 0.25) is 5.91 Å². The highest BCUT2D eigenvalue weighted by atomic mass is 16.3. The van der Waals surface area contributed by atoms with Gasteiger partial charge >= 0.3 is 0 Å². The summed E-state index contributed by atoms with van der Waals surface area (Å²) in [5.74, 6) is 0.151. The lowest BCUT2D eigenvalue weighted by Crippen LogP contribution is -2.61. The van der Waals surface area contributed by atoms with Crippen molar-refractivity contribution in [1.82, 2.24) is 14.7 Å². The second kappa shape index (κ2) is 6.31. The third kappa shape index (κ3) is 3.24. The zero-order valence-corrected chi connectivity index (χ0v) is 14.7. The third-order valence-electron chi connectivity index (χ3n) is 5.29. The number of hydrogen-bond donors (Lipinski definition) is 1. The number of aromatic nitrogens is 2. The largest absolute Gasteiger partial charge is 0.388 e. The van der Waals surface area contributed by atoms with Crippen molar-refractivity contribution in [2.75, 3.05) is 0 Å². The SMILES string of the molecule is Cc1ccc(=O)n(CC2(O)C[C@H]3CCC[C@H](C2)N3C(=O)C(C)C)n1. The molecule has 2 bridgehead atoms. The highest BCUT2D eigenvalue weighted by molar-refractivity contribution is 5.79. The van der Waals surface area contributed by atoms with Crippen LogP contribution in [-0.2, 0) is 11.3 Å². The molecule has 6 nitrogen and oxygen atoms in total. The van der Waals surface area contributed by atoms with Gasteiger partial charge in [0, 0.05) is 24.1 Å². The Morgan fingerprint density at radius 1 is 1.33 bits per heavy atom. The fourth-order valence-corrected chi connectivity index (χ4v) is 4.26. The van der Waals surface area contributed by atoms with E-state index in [1.807, 2.05) is 25.7 Å². The van der Waals surface area contributed by atoms with Crippen LogP contribution in [0.15, 0.2) is 16.9 Å². The van der Waals surface area contributed by atoms with Crippen LogP contribution >= 0.6 is 0 Å². The molecule has 6 heteroatoms. The van der Waals surface area contributed by atoms with Gasteiger partial charge in [0.15, 0.2) is 0 Å². The van der Waals surface area contributed by atoms with Crippen molar-refractivity contribution in [1.29, 1.82) is 0 Å². The number of carbonyl (C=O) groups is 1. The summed E-state index contributed by atoms with van der Waals surface area (Å²) in [5, 5.41) is 15.4. The lowest BCUT2D eigenvalue weighted by molar-refractivity contribution is -0.156. The van der Waals surface area contributed by atoms with Crippen molar-refractivity contribution in [2.24, 2.45) is 5.92 Å². The van der Waals surface area contributed by atoms with E-state index < -0.39 is 5.60 Å². The van der Waals surface area contributed by atoms with Gasteiger partial charge in [0.25, 0.3) is 5.56 Å². The van der Waals surface area contributed by atoms with Crippen molar-refractivity contribution in [3.05, 3.63) is 28.2 Å². The summed E-state index contributed by atoms with van der Waals surface area (Å²) in [6.45, 7) is 5.88. The number of hydrogen-bond acceptors (Lipinski definition) is 4. The van der Waals surface area contributed by atoms with Gasteiger partial charge in [0.05, 0.1) is 17.8 Å². The minimum Gasteiger partial charge on any atom is -0.388 e. The minimum atomic E-state index is -0.978. The first-order chi connectivity index (χ1) is 11.3. The maximum atomic E-state index is 12.6. The molecule has 0 unspecified atom stereocenters. The molecule has 1 amide bonds. The summed E-state index contributed by atoms with van der Waals surface area (Å²) < 4.78 is 1.37. The van der Waals surface area contributed by atoms with Crippen molar-refractivity contribution in [3.8, 4) is 0 Å². The molecule has 2 saturated heterocycles. The number of amides is 1. The Labute approximate surface area is 142 Å². The van der Waals surface area contributed by atoms with E-state index in [9.17, 15) is 14.7 Å². The number of piperidine rings is 2. The van der Waals surface area contributed by atoms with Gasteiger partial charge in [0.1, 0.15) is 0 Å². The first-order valence-electron chi connectivity index (χ1n) is 8.88. The van der Waals surface area contributed by atoms with E-state index >= 15 is 0 Å². The number of rotatable bonds is 3. The van der Waals surface area contributed by atoms with E-state index in [0.29, 0.717) is 12.8 Å². The van der Waals surface area contributed by atoms with Crippen LogP contribution < -0.4 is 5.56 Å². The summed E-state index contributed by atoms with van der Waals surface area (Å²) in [4.78, 5) is 26.6. The van der Waals surface area contributed by atoms with E-state index in [1.54, 1.807) is 6.07 Å². The molecule has 0 aliphatic carbocycles. The molecule has 2 atom stereocenters. The van der Waals surface area contributed by atoms with Gasteiger partial charge in [-0.15, -0.1) is 0 Å². The molecule has 3 rings (SSSR count). The standard InChI is InChI=1S/C18H27N3O3/c1-12(2)17(23)21-14-5-4-6-15(21)10-18(24,9-14)11-20-16(22)8-7-13(3)19-20/h7-8,12,14-15,24H,4-6,9-11H2,1-3H3/t14-,15-/m1/s1. The van der Waals surface area contributed by atoms with Gasteiger partial charge < -0.3 is 10.0 Å². The Morgan fingerprint density at radius 2 is 1.96 bits per heavy atom. The maximum Gasteiger partial charge on any atom is 0.266 e. The number of nitrogens with zero attached hydrogens (tertiary/aromatic N) is 3. The van der Waals surface area contributed by atoms with Crippen LogP contribution in [0, 0.1) is 12.8 Å². The van der Waals surface area contributed by atoms with Crippen LogP contribution in [-0.4, -0.2) is 43.4 Å². The summed E-state index contributed by atoms with van der Waals surface area (Å²) in [6.07, 6.45) is 3.98. The average molecular weight is 333 g/mol. The molecule has 24 heavy (non-hydrogen) atoms. The fourth-order valence-electron chi connectivity index (χ4n) is 4.26. The Hall–Kier alpha value is -1.69. The van der Waals surface area contributed by atoms with E-state index in [1.165, 1.54) is 10.7 Å². The quantitative estimate of drug-likeness (QED) is 0.909. The molecule has 2 aliphatic rings. The van der Waals surface area contributed by atoms with Gasteiger partial charge in [-0.1, -0.05) is 13.8 Å². The number of fused-ring (bicyclic) bond motifs is 2. The van der Waals surface area contributed by atoms with Crippen molar-refractivity contribution in [2.45, 2.75) is 77.1 Å². The Bertz CT molecular complexity index is 668. The monoisotopic (exact) mass is 333 g/mol. The summed E-state index contributed by atoms with van der Waals surface area (Å²) >= 11 is 0. The van der Waals surface area contributed by atoms with Gasteiger partial charge in [-0.3, -0.25) is 9.59 Å². The lowest BCUT2D eigenvalue weighted by Gasteiger charge is -2.52. The topological polar surface area (TPSA) is 75.4 Å². The van der Waals surface area contributed by atoms with E-state index in [4.69, 9.17) is 0 Å². The predicted octanol–water partition coefficient (Wildman–Crippen LogP) is 1.48. The van der Waals surface area contributed by atoms with Crippen LogP contribution in [0.2, 0.25) is 0 Å². The molecule has 1 N–H and O–H groups in total. The highest BCUT2D eigenvalue weighted by Gasteiger charge is 2.47. The summed E-state index contributed by atoms with van der Waals surface area (Å²) in [5.41, 5.74) is -0.417. The predicted molar refractivity (Wildman–Crippen MR) is 90.5 cm³/mol. The number of carbonyl (C=O) groups excluding carboxylic acids is 1. The molecular formula is C18H27N3O3. The first kappa shape index (κ1) is 17.1. The van der Waals surface area contributed by atoms with Gasteiger partial charge in [-0.05, 0) is 45.1 Å². The van der Waals surface area contributed by atoms with Crippen molar-refractivity contribution in [3.63, 3.8) is 0 Å². The second-order valence-corrected chi connectivity index (χ2v) is 7.74. The zero-order valence-electron chi connectivity index (χ0n) is 14.7. The van der Waals surface area contributed by atoms with Crippen LogP contribution in [0.1, 0.15) is 51.6 Å². The summed E-state index contributed by atoms with van der Waals surface area (Å²) in [7, 11) is 0. The Kier molecular flexibility index (Phi) is 4.51. The second-order valence-electron chi connectivity index (χ2n) is 7.74. The average Bonchev–Trinajstić information content (AvgIpc) is 2.49. The molecule has 0 spiro atoms. The van der Waals surface area contributed by atoms with Gasteiger partial charge in [-0.25, -0.2) is 4.68 Å². The van der Waals surface area contributed by atoms with Crippen LogP contribution in [0.25, 0.3) is 0 Å². The van der Waals surface area contributed by atoms with E-state index in [-0.39, 0.29) is 36.0 Å². The number of aryl methyl sites for hydroxylation is 1. The third-order valence-corrected chi connectivity index (χ3v) is 5.29. The van der Waals surface area contributed by atoms with E-state index in [2.05, 4.69) is 5.10 Å². The molecule has 0 aromatic carbocycles. The fraction of sp³-hybridized carbons (Fsp3) is 0.722. The molecule has 1 aromatic rings. The maximum absolute atomic E-state index is 12.6. The first-order valence-corrected chi connectivity index (χ1v) is 8.88. The van der Waals surface area contributed by atoms with Crippen molar-refractivity contribution >= 4 is 5.91 Å². The van der Waals surface area contributed by atoms with Crippen LogP contribution in [0.3, 0.4) is 0 Å². The lowest BCUT2D eigenvalue weighted by atomic mass is 9.75. The molecule has 3 heterocycles. The smallest absolute Gasteiger partial charge is 0.266 e. The van der Waals surface area contributed by atoms with E-state index in [0.717, 1.165) is 25.0 Å². The highest BCUT2D eigenvalue weighted by Crippen LogP contribution is 2.40. The Balaban J connectivity index is 1.83. The number of aliphatic hydroxyl groups is 1. The molecule has 0 radical (unpaired) electrons. The minimum absolute atomic E-state index is 0.0275. The molecule has 132 valence electrons. The Morgan fingerprint density at radius 3 is 2.54 bits per heavy atom. The zero-order chi connectivity index (χ0) is 17.5. The normalized spacial score (nSPS) is 29.8. The van der Waals surface area contributed by atoms with Crippen LogP contribution in [0.4, 0.5) is 0 Å². The van der Waals surface area contributed by atoms with Crippen molar-refractivity contribution < 1.29 is 9.90 Å². The summed E-state index contributed by atoms with van der Waals surface area (Å²) in [6, 6.07) is 3.31. The van der Waals surface area contributed by atoms with Gasteiger partial charge in [-0.2, -0.15) is 5.10 Å². The molecule has 2 fully saturated rings.